The molecule has 48 heavy (non-hydrogen) atoms. The van der Waals surface area contributed by atoms with Crippen molar-refractivity contribution in [2.45, 2.75) is 25.2 Å². The number of carbonyl (C=O) groups is 4. The molecular formula is C42H30N2O4. The lowest BCUT2D eigenvalue weighted by atomic mass is 9.70. The van der Waals surface area contributed by atoms with Gasteiger partial charge in [-0.1, -0.05) is 78.9 Å². The summed E-state index contributed by atoms with van der Waals surface area (Å²) in [4.78, 5) is 51.7. The topological polar surface area (TPSA) is 74.8 Å². The van der Waals surface area contributed by atoms with Gasteiger partial charge >= 0.3 is 0 Å². The summed E-state index contributed by atoms with van der Waals surface area (Å²) < 4.78 is 0. The summed E-state index contributed by atoms with van der Waals surface area (Å²) in [5.41, 5.74) is 6.36. The minimum absolute atomic E-state index is 0.342. The van der Waals surface area contributed by atoms with Gasteiger partial charge in [0.05, 0.1) is 11.4 Å². The van der Waals surface area contributed by atoms with Crippen LogP contribution in [-0.4, -0.2) is 23.6 Å². The van der Waals surface area contributed by atoms with Crippen molar-refractivity contribution >= 4 is 62.1 Å². The van der Waals surface area contributed by atoms with Crippen molar-refractivity contribution in [2.75, 3.05) is 9.80 Å². The molecule has 2 heterocycles. The fourth-order valence-electron chi connectivity index (χ4n) is 7.04. The molecule has 0 saturated heterocycles. The van der Waals surface area contributed by atoms with Gasteiger partial charge in [-0.25, -0.2) is 9.80 Å². The summed E-state index contributed by atoms with van der Waals surface area (Å²) in [5.74, 6) is -1.37. The van der Waals surface area contributed by atoms with Crippen LogP contribution in [0.25, 0.3) is 27.1 Å². The van der Waals surface area contributed by atoms with Gasteiger partial charge in [-0.3, -0.25) is 19.2 Å². The number of imide groups is 2. The third-order valence-electron chi connectivity index (χ3n) is 9.78. The second-order valence-corrected chi connectivity index (χ2v) is 12.5. The van der Waals surface area contributed by atoms with Crippen molar-refractivity contribution in [3.63, 3.8) is 0 Å². The van der Waals surface area contributed by atoms with Crippen molar-refractivity contribution in [1.29, 1.82) is 0 Å². The minimum Gasteiger partial charge on any atom is -0.269 e. The van der Waals surface area contributed by atoms with Crippen LogP contribution >= 0.6 is 0 Å². The van der Waals surface area contributed by atoms with E-state index in [1.165, 1.54) is 45.2 Å². The highest BCUT2D eigenvalue weighted by Gasteiger charge is 2.33. The number of benzene rings is 5. The Morgan fingerprint density at radius 3 is 1.42 bits per heavy atom. The predicted octanol–water partition coefficient (Wildman–Crippen LogP) is 7.94. The van der Waals surface area contributed by atoms with Crippen LogP contribution in [0.4, 0.5) is 11.4 Å². The normalized spacial score (nSPS) is 16.2. The lowest BCUT2D eigenvalue weighted by molar-refractivity contribution is -0.121. The van der Waals surface area contributed by atoms with Gasteiger partial charge in [0.2, 0.25) is 0 Å². The summed E-state index contributed by atoms with van der Waals surface area (Å²) in [6, 6.07) is 32.8. The monoisotopic (exact) mass is 626 g/mol. The van der Waals surface area contributed by atoms with Gasteiger partial charge in [0.25, 0.3) is 23.6 Å². The Morgan fingerprint density at radius 2 is 0.958 bits per heavy atom. The van der Waals surface area contributed by atoms with E-state index in [1.807, 2.05) is 48.5 Å². The van der Waals surface area contributed by atoms with Gasteiger partial charge in [0.1, 0.15) is 0 Å². The molecule has 2 aliphatic heterocycles. The van der Waals surface area contributed by atoms with E-state index in [0.29, 0.717) is 11.4 Å². The molecular weight excluding hydrogens is 596 g/mol. The Balaban J connectivity index is 1.23. The third kappa shape index (κ3) is 4.81. The SMILES string of the molecule is CC(c1ccc(C2=CC=CCC2)cc1)(c1ccc2cc(N3C(=O)C=CC3=O)ccc2c1)c1ccc2cc(N3C(=O)C=CC3=O)ccc2c1. The number of anilines is 2. The van der Waals surface area contributed by atoms with Crippen molar-refractivity contribution in [1.82, 2.24) is 0 Å². The van der Waals surface area contributed by atoms with Crippen LogP contribution in [0.5, 0.6) is 0 Å². The molecule has 0 atom stereocenters. The molecule has 0 saturated carbocycles. The number of hydrogen-bond donors (Lipinski definition) is 0. The lowest BCUT2D eigenvalue weighted by Gasteiger charge is -2.33. The molecule has 3 aliphatic rings. The molecule has 5 aromatic rings. The smallest absolute Gasteiger partial charge is 0.258 e. The molecule has 232 valence electrons. The van der Waals surface area contributed by atoms with Gasteiger partial charge in [-0.15, -0.1) is 0 Å². The Bertz CT molecular complexity index is 2180. The minimum atomic E-state index is -0.561. The van der Waals surface area contributed by atoms with Gasteiger partial charge in [0.15, 0.2) is 0 Å². The van der Waals surface area contributed by atoms with Crippen LogP contribution in [0.15, 0.2) is 140 Å². The molecule has 4 amide bonds. The Morgan fingerprint density at radius 1 is 0.521 bits per heavy atom. The van der Waals surface area contributed by atoms with E-state index in [4.69, 9.17) is 0 Å². The zero-order chi connectivity index (χ0) is 33.0. The van der Waals surface area contributed by atoms with E-state index in [2.05, 4.69) is 73.7 Å². The second-order valence-electron chi connectivity index (χ2n) is 12.5. The summed E-state index contributed by atoms with van der Waals surface area (Å²) in [7, 11) is 0. The maximum absolute atomic E-state index is 12.3. The Hall–Kier alpha value is -6.14. The van der Waals surface area contributed by atoms with Crippen molar-refractivity contribution in [3.8, 4) is 0 Å². The molecule has 6 nitrogen and oxygen atoms in total. The summed E-state index contributed by atoms with van der Waals surface area (Å²) in [6.45, 7) is 2.23. The van der Waals surface area contributed by atoms with Crippen LogP contribution in [0.1, 0.15) is 42.0 Å². The average molecular weight is 627 g/mol. The largest absolute Gasteiger partial charge is 0.269 e. The average Bonchev–Trinajstić information content (AvgIpc) is 3.65. The van der Waals surface area contributed by atoms with Gasteiger partial charge in [0, 0.05) is 29.7 Å². The Labute approximate surface area is 277 Å². The first-order chi connectivity index (χ1) is 23.3. The van der Waals surface area contributed by atoms with Crippen LogP contribution in [0, 0.1) is 0 Å². The number of amides is 4. The number of fused-ring (bicyclic) bond motifs is 2. The fourth-order valence-corrected chi connectivity index (χ4v) is 7.04. The van der Waals surface area contributed by atoms with E-state index >= 15 is 0 Å². The number of carbonyl (C=O) groups excluding carboxylic acids is 4. The summed E-state index contributed by atoms with van der Waals surface area (Å²) >= 11 is 0. The molecule has 8 rings (SSSR count). The lowest BCUT2D eigenvalue weighted by Crippen LogP contribution is -2.29. The zero-order valence-corrected chi connectivity index (χ0v) is 26.2. The highest BCUT2D eigenvalue weighted by molar-refractivity contribution is 6.29. The molecule has 0 fully saturated rings. The quantitative estimate of drug-likeness (QED) is 0.142. The second kappa shape index (κ2) is 11.3. The van der Waals surface area contributed by atoms with E-state index in [0.717, 1.165) is 51.1 Å². The molecule has 1 aliphatic carbocycles. The number of hydrogen-bond acceptors (Lipinski definition) is 4. The van der Waals surface area contributed by atoms with Gasteiger partial charge in [-0.2, -0.15) is 0 Å². The number of rotatable bonds is 6. The van der Waals surface area contributed by atoms with Crippen molar-refractivity contribution in [2.24, 2.45) is 0 Å². The van der Waals surface area contributed by atoms with E-state index < -0.39 is 5.41 Å². The maximum atomic E-state index is 12.3. The number of allylic oxidation sites excluding steroid dienone is 4. The molecule has 0 spiro atoms. The highest BCUT2D eigenvalue weighted by atomic mass is 16.2. The summed E-state index contributed by atoms with van der Waals surface area (Å²) in [6.07, 6.45) is 13.7. The molecule has 6 heteroatoms. The molecule has 0 bridgehead atoms. The van der Waals surface area contributed by atoms with E-state index in [1.54, 1.807) is 0 Å². The van der Waals surface area contributed by atoms with Gasteiger partial charge in [-0.05, 0) is 106 Å². The van der Waals surface area contributed by atoms with Gasteiger partial charge < -0.3 is 0 Å². The first-order valence-electron chi connectivity index (χ1n) is 16.0. The molecule has 5 aromatic carbocycles. The first-order valence-corrected chi connectivity index (χ1v) is 16.0. The van der Waals surface area contributed by atoms with Crippen LogP contribution in [0.2, 0.25) is 0 Å². The zero-order valence-electron chi connectivity index (χ0n) is 26.2. The first kappa shape index (κ1) is 29.3. The maximum Gasteiger partial charge on any atom is 0.258 e. The van der Waals surface area contributed by atoms with Crippen molar-refractivity contribution < 1.29 is 19.2 Å². The third-order valence-corrected chi connectivity index (χ3v) is 9.78. The van der Waals surface area contributed by atoms with E-state index in [-0.39, 0.29) is 23.6 Å². The highest BCUT2D eigenvalue weighted by Crippen LogP contribution is 2.42. The Kier molecular flexibility index (Phi) is 6.88. The van der Waals surface area contributed by atoms with Crippen LogP contribution in [0.3, 0.4) is 0 Å². The molecule has 0 N–H and O–H groups in total. The summed E-state index contributed by atoms with van der Waals surface area (Å²) in [5, 5.41) is 3.82. The molecule has 0 radical (unpaired) electrons. The molecule has 0 unspecified atom stereocenters. The standard InChI is InChI=1S/C42H30N2O4/c1-42(33-13-7-28(8-14-33)27-5-3-2-4-6-27,34-15-9-31-25-36(17-11-29(31)23-34)43-38(45)19-20-39(43)46)35-16-10-32-26-37(18-12-30(32)24-35)44-40(47)21-22-41(44)48/h2-3,5,7-26H,4,6H2,1H3. The molecule has 0 aromatic heterocycles. The number of nitrogens with zero attached hydrogens (tertiary/aromatic N) is 2. The van der Waals surface area contributed by atoms with Crippen LogP contribution in [-0.2, 0) is 24.6 Å². The van der Waals surface area contributed by atoms with Crippen molar-refractivity contribution in [3.05, 3.63) is 162 Å². The van der Waals surface area contributed by atoms with E-state index in [9.17, 15) is 19.2 Å². The van der Waals surface area contributed by atoms with Crippen LogP contribution < -0.4 is 9.80 Å². The fraction of sp³-hybridized carbons (Fsp3) is 0.0952. The predicted molar refractivity (Wildman–Crippen MR) is 190 cm³/mol.